The molecule has 0 amide bonds. The zero-order chi connectivity index (χ0) is 22.4. The summed E-state index contributed by atoms with van der Waals surface area (Å²) < 4.78 is 0. The third-order valence-corrected chi connectivity index (χ3v) is 6.44. The van der Waals surface area contributed by atoms with Crippen molar-refractivity contribution in [1.29, 1.82) is 0 Å². The van der Waals surface area contributed by atoms with Gasteiger partial charge < -0.3 is 0 Å². The number of hydrogen-bond acceptors (Lipinski definition) is 1. The molecule has 0 aliphatic rings. The molecule has 0 bridgehead atoms. The van der Waals surface area contributed by atoms with Crippen LogP contribution in [0, 0.1) is 0 Å². The smallest absolute Gasteiger partial charge is 0.0702 e. The summed E-state index contributed by atoms with van der Waals surface area (Å²) in [5.41, 5.74) is 7.94. The molecule has 2 aromatic carbocycles. The fourth-order valence-electron chi connectivity index (χ4n) is 4.26. The summed E-state index contributed by atoms with van der Waals surface area (Å²) in [6, 6.07) is 22.7. The first kappa shape index (κ1) is 24.2. The lowest BCUT2D eigenvalue weighted by Crippen LogP contribution is -1.93. The molecule has 0 saturated carbocycles. The van der Waals surface area contributed by atoms with Gasteiger partial charge in [-0.1, -0.05) is 107 Å². The van der Waals surface area contributed by atoms with Crippen LogP contribution in [0.4, 0.5) is 0 Å². The average Bonchev–Trinajstić information content (AvgIpc) is 2.84. The van der Waals surface area contributed by atoms with Crippen molar-refractivity contribution in [2.75, 3.05) is 0 Å². The largest absolute Gasteiger partial charge is 0.256 e. The van der Waals surface area contributed by atoms with Crippen molar-refractivity contribution >= 4 is 0 Å². The van der Waals surface area contributed by atoms with Gasteiger partial charge in [-0.3, -0.25) is 4.98 Å². The number of unbranched alkanes of at least 4 members (excludes halogenated alkanes) is 6. The Balaban J connectivity index is 1.44. The van der Waals surface area contributed by atoms with E-state index in [1.165, 1.54) is 85.6 Å². The molecule has 0 aliphatic heterocycles. The minimum atomic E-state index is 1.07. The predicted octanol–water partition coefficient (Wildman–Crippen LogP) is 8.78. The second-order valence-corrected chi connectivity index (χ2v) is 9.19. The number of benzene rings is 2. The van der Waals surface area contributed by atoms with Gasteiger partial charge in [0, 0.05) is 11.8 Å². The number of aryl methyl sites for hydroxylation is 4. The second-order valence-electron chi connectivity index (χ2n) is 9.19. The molecule has 1 heteroatoms. The molecule has 170 valence electrons. The van der Waals surface area contributed by atoms with E-state index in [0.29, 0.717) is 0 Å². The lowest BCUT2D eigenvalue weighted by Gasteiger charge is -2.07. The third kappa shape index (κ3) is 8.26. The highest BCUT2D eigenvalue weighted by molar-refractivity contribution is 5.59. The van der Waals surface area contributed by atoms with Crippen molar-refractivity contribution in [3.63, 3.8) is 0 Å². The summed E-state index contributed by atoms with van der Waals surface area (Å²) in [4.78, 5) is 4.69. The Bertz CT molecular complexity index is 875. The molecule has 0 atom stereocenters. The molecule has 0 unspecified atom stereocenters. The van der Waals surface area contributed by atoms with E-state index >= 15 is 0 Å². The number of hydrogen-bond donors (Lipinski definition) is 0. The molecule has 0 radical (unpaired) electrons. The minimum absolute atomic E-state index is 1.07. The molecule has 1 nitrogen and oxygen atoms in total. The molecular formula is C31H41N. The van der Waals surface area contributed by atoms with E-state index in [9.17, 15) is 0 Å². The molecule has 0 aliphatic carbocycles. The van der Waals surface area contributed by atoms with Crippen LogP contribution < -0.4 is 0 Å². The first-order chi connectivity index (χ1) is 15.8. The predicted molar refractivity (Wildman–Crippen MR) is 139 cm³/mol. The quantitative estimate of drug-likeness (QED) is 0.234. The zero-order valence-electron chi connectivity index (χ0n) is 20.3. The first-order valence-corrected chi connectivity index (χ1v) is 12.9. The molecule has 32 heavy (non-hydrogen) atoms. The Morgan fingerprint density at radius 3 is 1.53 bits per heavy atom. The molecule has 0 saturated heterocycles. The molecule has 0 spiro atoms. The Morgan fingerprint density at radius 2 is 0.938 bits per heavy atom. The minimum Gasteiger partial charge on any atom is -0.256 e. The summed E-state index contributed by atoms with van der Waals surface area (Å²) in [5, 5.41) is 0. The molecular weight excluding hydrogens is 386 g/mol. The van der Waals surface area contributed by atoms with E-state index in [-0.39, 0.29) is 0 Å². The van der Waals surface area contributed by atoms with E-state index < -0.39 is 0 Å². The molecule has 0 N–H and O–H groups in total. The van der Waals surface area contributed by atoms with Crippen LogP contribution in [0.5, 0.6) is 0 Å². The van der Waals surface area contributed by atoms with Crippen LogP contribution in [0.3, 0.4) is 0 Å². The van der Waals surface area contributed by atoms with E-state index in [1.54, 1.807) is 0 Å². The molecule has 3 aromatic rings. The maximum atomic E-state index is 4.69. The van der Waals surface area contributed by atoms with Gasteiger partial charge in [0.05, 0.1) is 5.69 Å². The van der Waals surface area contributed by atoms with Crippen LogP contribution in [-0.4, -0.2) is 4.98 Å². The first-order valence-electron chi connectivity index (χ1n) is 12.9. The van der Waals surface area contributed by atoms with Gasteiger partial charge >= 0.3 is 0 Å². The lowest BCUT2D eigenvalue weighted by molar-refractivity contribution is 0.632. The maximum absolute atomic E-state index is 4.69. The van der Waals surface area contributed by atoms with Crippen molar-refractivity contribution in [2.45, 2.75) is 90.9 Å². The van der Waals surface area contributed by atoms with Gasteiger partial charge in [-0.05, 0) is 66.8 Å². The average molecular weight is 428 g/mol. The van der Waals surface area contributed by atoms with Gasteiger partial charge in [0.25, 0.3) is 0 Å². The van der Waals surface area contributed by atoms with Gasteiger partial charge in [0.15, 0.2) is 0 Å². The summed E-state index contributed by atoms with van der Waals surface area (Å²) >= 11 is 0. The van der Waals surface area contributed by atoms with Gasteiger partial charge in [-0.15, -0.1) is 0 Å². The fourth-order valence-corrected chi connectivity index (χ4v) is 4.26. The number of pyridine rings is 1. The highest BCUT2D eigenvalue weighted by Gasteiger charge is 2.02. The second kappa shape index (κ2) is 13.9. The van der Waals surface area contributed by atoms with Gasteiger partial charge in [0.2, 0.25) is 0 Å². The van der Waals surface area contributed by atoms with Crippen LogP contribution in [0.25, 0.3) is 11.3 Å². The normalized spacial score (nSPS) is 11.1. The summed E-state index contributed by atoms with van der Waals surface area (Å²) in [5.74, 6) is 0. The van der Waals surface area contributed by atoms with Gasteiger partial charge in [-0.2, -0.15) is 0 Å². The molecule has 1 aromatic heterocycles. The number of nitrogens with zero attached hydrogens (tertiary/aromatic N) is 1. The van der Waals surface area contributed by atoms with Crippen LogP contribution in [-0.2, 0) is 25.7 Å². The Morgan fingerprint density at radius 1 is 0.469 bits per heavy atom. The van der Waals surface area contributed by atoms with Crippen LogP contribution in [0.1, 0.15) is 87.5 Å². The Labute approximate surface area is 196 Å². The van der Waals surface area contributed by atoms with Crippen LogP contribution in [0.2, 0.25) is 0 Å². The SMILES string of the molecule is CCCCCCCc1ccc(CCc2ccc(-c3ccc(CCCCC)cn3)cc2)cc1. The third-order valence-electron chi connectivity index (χ3n) is 6.44. The lowest BCUT2D eigenvalue weighted by atomic mass is 10.00. The van der Waals surface area contributed by atoms with E-state index in [2.05, 4.69) is 74.5 Å². The fraction of sp³-hybridized carbons (Fsp3) is 0.452. The number of rotatable bonds is 14. The number of aromatic nitrogens is 1. The van der Waals surface area contributed by atoms with Crippen molar-refractivity contribution in [3.8, 4) is 11.3 Å². The van der Waals surface area contributed by atoms with E-state index in [1.807, 2.05) is 6.20 Å². The maximum Gasteiger partial charge on any atom is 0.0702 e. The topological polar surface area (TPSA) is 12.9 Å². The zero-order valence-corrected chi connectivity index (χ0v) is 20.3. The Kier molecular flexibility index (Phi) is 10.5. The summed E-state index contributed by atoms with van der Waals surface area (Å²) in [6.07, 6.45) is 17.2. The monoisotopic (exact) mass is 427 g/mol. The summed E-state index contributed by atoms with van der Waals surface area (Å²) in [6.45, 7) is 4.52. The molecule has 1 heterocycles. The van der Waals surface area contributed by atoms with Gasteiger partial charge in [0.1, 0.15) is 0 Å². The molecule has 3 rings (SSSR count). The highest BCUT2D eigenvalue weighted by Crippen LogP contribution is 2.20. The van der Waals surface area contributed by atoms with Crippen molar-refractivity contribution in [3.05, 3.63) is 89.1 Å². The standard InChI is InChI=1S/C31H41N/c1-3-5-7-8-10-11-26-13-15-27(16-14-26)17-18-28-19-22-30(23-20-28)31-24-21-29(25-32-31)12-9-6-4-2/h13-16,19-25H,3-12,17-18H2,1-2H3. The summed E-state index contributed by atoms with van der Waals surface area (Å²) in [7, 11) is 0. The van der Waals surface area contributed by atoms with E-state index in [4.69, 9.17) is 4.98 Å². The van der Waals surface area contributed by atoms with Gasteiger partial charge in [-0.25, -0.2) is 0 Å². The van der Waals surface area contributed by atoms with Crippen molar-refractivity contribution in [1.82, 2.24) is 4.98 Å². The van der Waals surface area contributed by atoms with Crippen LogP contribution in [0.15, 0.2) is 66.9 Å². The van der Waals surface area contributed by atoms with E-state index in [0.717, 1.165) is 25.0 Å². The molecule has 0 fully saturated rings. The van der Waals surface area contributed by atoms with Crippen LogP contribution >= 0.6 is 0 Å². The van der Waals surface area contributed by atoms with Crippen molar-refractivity contribution < 1.29 is 0 Å². The van der Waals surface area contributed by atoms with Crippen molar-refractivity contribution in [2.24, 2.45) is 0 Å². The Hall–Kier alpha value is -2.41. The highest BCUT2D eigenvalue weighted by atomic mass is 14.7.